The van der Waals surface area contributed by atoms with Gasteiger partial charge in [0.2, 0.25) is 0 Å². The quantitative estimate of drug-likeness (QED) is 0.358. The van der Waals surface area contributed by atoms with Crippen molar-refractivity contribution in [1.29, 1.82) is 0 Å². The van der Waals surface area contributed by atoms with Crippen LogP contribution in [0, 0.1) is 0 Å². The summed E-state index contributed by atoms with van der Waals surface area (Å²) in [4.78, 5) is 0. The molecule has 0 aromatic carbocycles. The van der Waals surface area contributed by atoms with Crippen LogP contribution in [0.4, 0.5) is 4.39 Å². The molecule has 0 aliphatic carbocycles. The molecule has 0 saturated carbocycles. The monoisotopic (exact) mass is 269 g/mol. The van der Waals surface area contributed by atoms with Gasteiger partial charge in [-0.3, -0.25) is 0 Å². The van der Waals surface area contributed by atoms with E-state index in [0.29, 0.717) is 12.1 Å². The molecule has 11 heavy (non-hydrogen) atoms. The third-order valence-corrected chi connectivity index (χ3v) is 1.88. The molecular formula is C8H13FIN. The van der Waals surface area contributed by atoms with Crippen molar-refractivity contribution in [1.82, 2.24) is 5.32 Å². The second-order valence-electron chi connectivity index (χ2n) is 2.34. The lowest BCUT2D eigenvalue weighted by Gasteiger charge is -2.04. The van der Waals surface area contributed by atoms with Crippen molar-refractivity contribution < 1.29 is 4.39 Å². The highest BCUT2D eigenvalue weighted by Crippen LogP contribution is 2.10. The summed E-state index contributed by atoms with van der Waals surface area (Å²) in [6, 6.07) is 0. The largest absolute Gasteiger partial charge is 0.361 e. The summed E-state index contributed by atoms with van der Waals surface area (Å²) in [6.07, 6.45) is 0. The second-order valence-corrected chi connectivity index (χ2v) is 3.41. The summed E-state index contributed by atoms with van der Waals surface area (Å²) in [5.74, 6) is -0.255. The summed E-state index contributed by atoms with van der Waals surface area (Å²) in [5, 5.41) is 2.66. The van der Waals surface area contributed by atoms with E-state index in [1.807, 2.05) is 0 Å². The van der Waals surface area contributed by atoms with E-state index in [-0.39, 0.29) is 5.95 Å². The maximum absolute atomic E-state index is 12.9. The average Bonchev–Trinajstić information content (AvgIpc) is 1.98. The maximum Gasteiger partial charge on any atom is 0.190 e. The fourth-order valence-corrected chi connectivity index (χ4v) is 0.747. The van der Waals surface area contributed by atoms with E-state index in [9.17, 15) is 4.39 Å². The molecule has 1 N–H and O–H groups in total. The Hall–Kier alpha value is -0.0600. The highest BCUT2D eigenvalue weighted by Gasteiger charge is 1.99. The van der Waals surface area contributed by atoms with Crippen molar-refractivity contribution in [2.45, 2.75) is 13.8 Å². The minimum absolute atomic E-state index is 0.255. The maximum atomic E-state index is 12.9. The number of rotatable bonds is 4. The first-order valence-electron chi connectivity index (χ1n) is 3.41. The number of halogens is 2. The van der Waals surface area contributed by atoms with Crippen LogP contribution in [0.25, 0.3) is 0 Å². The zero-order valence-corrected chi connectivity index (χ0v) is 9.03. The lowest BCUT2D eigenvalue weighted by molar-refractivity contribution is 0.545. The highest BCUT2D eigenvalue weighted by molar-refractivity contribution is 14.1. The Bertz CT molecular complexity index is 175. The van der Waals surface area contributed by atoms with Crippen molar-refractivity contribution in [2.24, 2.45) is 0 Å². The lowest BCUT2D eigenvalue weighted by atomic mass is 10.2. The van der Waals surface area contributed by atoms with Gasteiger partial charge in [-0.2, -0.15) is 4.39 Å². The van der Waals surface area contributed by atoms with E-state index in [0.717, 1.165) is 10.0 Å². The molecule has 1 nitrogen and oxygen atoms in total. The van der Waals surface area contributed by atoms with Crippen molar-refractivity contribution in [2.75, 3.05) is 11.0 Å². The fourth-order valence-electron chi connectivity index (χ4n) is 0.477. The molecule has 64 valence electrons. The summed E-state index contributed by atoms with van der Waals surface area (Å²) >= 11 is 2.19. The third kappa shape index (κ3) is 4.40. The van der Waals surface area contributed by atoms with Crippen LogP contribution in [0.15, 0.2) is 23.7 Å². The number of allylic oxidation sites excluding steroid dienone is 2. The minimum Gasteiger partial charge on any atom is -0.361 e. The van der Waals surface area contributed by atoms with Crippen molar-refractivity contribution in [3.63, 3.8) is 0 Å². The molecule has 0 aromatic rings. The summed E-state index contributed by atoms with van der Waals surface area (Å²) < 4.78 is 13.8. The van der Waals surface area contributed by atoms with E-state index in [1.54, 1.807) is 13.8 Å². The Kier molecular flexibility index (Phi) is 5.54. The van der Waals surface area contributed by atoms with E-state index in [4.69, 9.17) is 0 Å². The predicted molar refractivity (Wildman–Crippen MR) is 55.5 cm³/mol. The van der Waals surface area contributed by atoms with Gasteiger partial charge in [-0.15, -0.1) is 0 Å². The van der Waals surface area contributed by atoms with Crippen LogP contribution in [0.3, 0.4) is 0 Å². The van der Waals surface area contributed by atoms with Gasteiger partial charge in [0.1, 0.15) is 0 Å². The van der Waals surface area contributed by atoms with Gasteiger partial charge in [0.15, 0.2) is 5.95 Å². The number of hydrogen-bond acceptors (Lipinski definition) is 1. The van der Waals surface area contributed by atoms with Gasteiger partial charge in [0.05, 0.1) is 0 Å². The van der Waals surface area contributed by atoms with Crippen molar-refractivity contribution in [3.8, 4) is 0 Å². The van der Waals surface area contributed by atoms with E-state index >= 15 is 0 Å². The fraction of sp³-hybridized carbons (Fsp3) is 0.500. The van der Waals surface area contributed by atoms with Gasteiger partial charge in [-0.05, 0) is 13.8 Å². The second kappa shape index (κ2) is 5.57. The Morgan fingerprint density at radius 2 is 2.09 bits per heavy atom. The van der Waals surface area contributed by atoms with Crippen LogP contribution >= 0.6 is 22.6 Å². The molecule has 0 spiro atoms. The molecule has 0 fully saturated rings. The van der Waals surface area contributed by atoms with Gasteiger partial charge in [-0.25, -0.2) is 0 Å². The average molecular weight is 269 g/mol. The van der Waals surface area contributed by atoms with Crippen LogP contribution in [-0.4, -0.2) is 11.0 Å². The first kappa shape index (κ1) is 10.9. The number of hydrogen-bond donors (Lipinski definition) is 1. The minimum atomic E-state index is -0.255. The molecule has 0 heterocycles. The first-order chi connectivity index (χ1) is 5.09. The van der Waals surface area contributed by atoms with Crippen molar-refractivity contribution in [3.05, 3.63) is 23.7 Å². The number of alkyl halides is 1. The standard InChI is InChI=1S/C8H13FIN/c1-6(2)7(3)8(9)11-5-4-10/h11H,1,4-5H2,2-3H3/b8-7-. The zero-order chi connectivity index (χ0) is 8.85. The number of nitrogens with one attached hydrogen (secondary N) is 1. The summed E-state index contributed by atoms with van der Waals surface area (Å²) in [6.45, 7) is 7.82. The summed E-state index contributed by atoms with van der Waals surface area (Å²) in [5.41, 5.74) is 1.37. The highest BCUT2D eigenvalue weighted by atomic mass is 127. The molecule has 0 unspecified atom stereocenters. The molecule has 0 aliphatic heterocycles. The molecule has 0 amide bonds. The SMILES string of the molecule is C=C(C)/C(C)=C(/F)NCCI. The molecule has 0 rings (SSSR count). The normalized spacial score (nSPS) is 12.4. The molecule has 0 aliphatic rings. The lowest BCUT2D eigenvalue weighted by Crippen LogP contribution is -2.14. The van der Waals surface area contributed by atoms with Crippen molar-refractivity contribution >= 4 is 22.6 Å². The Morgan fingerprint density at radius 1 is 1.55 bits per heavy atom. The van der Waals surface area contributed by atoms with Gasteiger partial charge < -0.3 is 5.32 Å². The molecule has 0 bridgehead atoms. The molecule has 0 saturated heterocycles. The molecule has 0 radical (unpaired) electrons. The Morgan fingerprint density at radius 3 is 2.45 bits per heavy atom. The smallest absolute Gasteiger partial charge is 0.190 e. The Balaban J connectivity index is 4.05. The van der Waals surface area contributed by atoms with Crippen LogP contribution in [-0.2, 0) is 0 Å². The van der Waals surface area contributed by atoms with Crippen LogP contribution in [0.2, 0.25) is 0 Å². The Labute approximate surface area is 80.9 Å². The zero-order valence-electron chi connectivity index (χ0n) is 6.88. The first-order valence-corrected chi connectivity index (χ1v) is 4.94. The molecular weight excluding hydrogens is 256 g/mol. The topological polar surface area (TPSA) is 12.0 Å². The summed E-state index contributed by atoms with van der Waals surface area (Å²) in [7, 11) is 0. The molecule has 3 heteroatoms. The van der Waals surface area contributed by atoms with Crippen LogP contribution in [0.5, 0.6) is 0 Å². The van der Waals surface area contributed by atoms with Crippen LogP contribution < -0.4 is 5.32 Å². The van der Waals surface area contributed by atoms with E-state index < -0.39 is 0 Å². The van der Waals surface area contributed by atoms with Crippen LogP contribution in [0.1, 0.15) is 13.8 Å². The van der Waals surface area contributed by atoms with Gasteiger partial charge in [0, 0.05) is 16.5 Å². The van der Waals surface area contributed by atoms with E-state index in [2.05, 4.69) is 34.5 Å². The van der Waals surface area contributed by atoms with Gasteiger partial charge in [0.25, 0.3) is 0 Å². The third-order valence-electron chi connectivity index (χ3n) is 1.34. The molecule has 0 aromatic heterocycles. The van der Waals surface area contributed by atoms with Gasteiger partial charge >= 0.3 is 0 Å². The predicted octanol–water partition coefficient (Wildman–Crippen LogP) is 2.79. The molecule has 0 atom stereocenters. The van der Waals surface area contributed by atoms with E-state index in [1.165, 1.54) is 0 Å². The van der Waals surface area contributed by atoms with Gasteiger partial charge in [-0.1, -0.05) is 34.7 Å².